The lowest BCUT2D eigenvalue weighted by molar-refractivity contribution is 0.682. The first kappa shape index (κ1) is 10.8. The van der Waals surface area contributed by atoms with E-state index < -0.39 is 0 Å². The summed E-state index contributed by atoms with van der Waals surface area (Å²) in [7, 11) is 0. The third-order valence-electron chi connectivity index (χ3n) is 3.15. The molecule has 92 valence electrons. The number of aryl methyl sites for hydroxylation is 1. The van der Waals surface area contributed by atoms with Crippen molar-refractivity contribution in [3.05, 3.63) is 45.0 Å². The molecule has 0 atom stereocenters. The number of benzene rings is 1. The molecule has 0 unspecified atom stereocenters. The number of aromatic amines is 2. The molecule has 0 aliphatic carbocycles. The molecule has 0 aliphatic heterocycles. The highest BCUT2D eigenvalue weighted by molar-refractivity contribution is 6.02. The van der Waals surface area contributed by atoms with E-state index in [1.807, 2.05) is 31.2 Å². The lowest BCUT2D eigenvalue weighted by Crippen LogP contribution is -2.23. The number of nitrogens with one attached hydrogen (secondary N) is 2. The van der Waals surface area contributed by atoms with Gasteiger partial charge in [0, 0.05) is 11.9 Å². The highest BCUT2D eigenvalue weighted by Crippen LogP contribution is 2.18. The average Bonchev–Trinajstić information content (AvgIpc) is 2.77. The number of pyridine rings is 1. The van der Waals surface area contributed by atoms with Crippen LogP contribution in [-0.4, -0.2) is 14.8 Å². The first-order valence-corrected chi connectivity index (χ1v) is 5.96. The van der Waals surface area contributed by atoms with Crippen molar-refractivity contribution >= 4 is 21.8 Å². The van der Waals surface area contributed by atoms with Gasteiger partial charge >= 0.3 is 0 Å². The Bertz CT molecular complexity index is 839. The Morgan fingerprint density at radius 1 is 1.17 bits per heavy atom. The minimum atomic E-state index is -0.356. The molecule has 2 N–H and O–H groups in total. The lowest BCUT2D eigenvalue weighted by atomic mass is 10.1. The van der Waals surface area contributed by atoms with Gasteiger partial charge in [0.15, 0.2) is 0 Å². The van der Waals surface area contributed by atoms with E-state index in [2.05, 4.69) is 10.2 Å². The number of para-hydroxylation sites is 1. The monoisotopic (exact) mass is 243 g/mol. The largest absolute Gasteiger partial charge is 0.307 e. The molecule has 0 bridgehead atoms. The normalized spacial score (nSPS) is 11.4. The Morgan fingerprint density at radius 2 is 1.94 bits per heavy atom. The summed E-state index contributed by atoms with van der Waals surface area (Å²) in [6, 6.07) is 7.60. The molecule has 0 amide bonds. The smallest absolute Gasteiger partial charge is 0.277 e. The number of fused-ring (bicyclic) bond motifs is 3. The van der Waals surface area contributed by atoms with Gasteiger partial charge in [-0.15, -0.1) is 0 Å². The van der Waals surface area contributed by atoms with E-state index in [0.29, 0.717) is 12.1 Å². The van der Waals surface area contributed by atoms with Gasteiger partial charge in [0.2, 0.25) is 0 Å². The summed E-state index contributed by atoms with van der Waals surface area (Å²) < 4.78 is 1.67. The fourth-order valence-corrected chi connectivity index (χ4v) is 2.37. The molecule has 0 spiro atoms. The van der Waals surface area contributed by atoms with E-state index in [1.54, 1.807) is 4.57 Å². The molecule has 2 aromatic heterocycles. The van der Waals surface area contributed by atoms with Gasteiger partial charge in [0.25, 0.3) is 11.1 Å². The molecule has 1 aromatic carbocycles. The predicted octanol–water partition coefficient (Wildman–Crippen LogP) is 1.58. The number of rotatable bonds is 2. The van der Waals surface area contributed by atoms with Crippen molar-refractivity contribution in [2.45, 2.75) is 19.9 Å². The molecule has 0 saturated heterocycles. The molecule has 0 radical (unpaired) electrons. The van der Waals surface area contributed by atoms with Crippen LogP contribution in [0.2, 0.25) is 0 Å². The van der Waals surface area contributed by atoms with Crippen LogP contribution in [0.25, 0.3) is 21.8 Å². The van der Waals surface area contributed by atoms with E-state index in [4.69, 9.17) is 0 Å². The molecule has 3 aromatic rings. The summed E-state index contributed by atoms with van der Waals surface area (Å²) in [6.45, 7) is 2.62. The minimum Gasteiger partial charge on any atom is -0.307 e. The summed E-state index contributed by atoms with van der Waals surface area (Å²) in [6.07, 6.45) is 0.845. The Labute approximate surface area is 102 Å². The van der Waals surface area contributed by atoms with Gasteiger partial charge in [-0.2, -0.15) is 0 Å². The zero-order valence-electron chi connectivity index (χ0n) is 9.99. The van der Waals surface area contributed by atoms with Gasteiger partial charge in [0.1, 0.15) is 5.39 Å². The minimum absolute atomic E-state index is 0.210. The standard InChI is InChI=1S/C13H13N3O2/c1-2-7-16-9-6-4-3-5-8(9)11-10(13(16)18)12(17)15-14-11/h3-6H,2,7H2,1H3,(H2,14,15,17). The van der Waals surface area contributed by atoms with Crippen LogP contribution in [0.3, 0.4) is 0 Å². The van der Waals surface area contributed by atoms with E-state index >= 15 is 0 Å². The zero-order chi connectivity index (χ0) is 12.7. The fourth-order valence-electron chi connectivity index (χ4n) is 2.37. The molecular weight excluding hydrogens is 230 g/mol. The van der Waals surface area contributed by atoms with Crippen molar-refractivity contribution in [1.82, 2.24) is 14.8 Å². The highest BCUT2D eigenvalue weighted by Gasteiger charge is 2.13. The lowest BCUT2D eigenvalue weighted by Gasteiger charge is -2.09. The van der Waals surface area contributed by atoms with Crippen LogP contribution in [-0.2, 0) is 6.54 Å². The molecular formula is C13H13N3O2. The average molecular weight is 243 g/mol. The van der Waals surface area contributed by atoms with E-state index in [9.17, 15) is 9.59 Å². The van der Waals surface area contributed by atoms with Gasteiger partial charge in [0.05, 0.1) is 11.0 Å². The molecule has 0 fully saturated rings. The van der Waals surface area contributed by atoms with Gasteiger partial charge in [-0.25, -0.2) is 0 Å². The van der Waals surface area contributed by atoms with Crippen molar-refractivity contribution in [2.75, 3.05) is 0 Å². The quantitative estimate of drug-likeness (QED) is 0.717. The maximum absolute atomic E-state index is 12.3. The van der Waals surface area contributed by atoms with Crippen molar-refractivity contribution < 1.29 is 0 Å². The van der Waals surface area contributed by atoms with Crippen LogP contribution in [0, 0.1) is 0 Å². The van der Waals surface area contributed by atoms with Crippen molar-refractivity contribution in [1.29, 1.82) is 0 Å². The molecule has 18 heavy (non-hydrogen) atoms. The third-order valence-corrected chi connectivity index (χ3v) is 3.15. The van der Waals surface area contributed by atoms with Gasteiger partial charge in [-0.1, -0.05) is 25.1 Å². The topological polar surface area (TPSA) is 70.7 Å². The predicted molar refractivity (Wildman–Crippen MR) is 71.0 cm³/mol. The summed E-state index contributed by atoms with van der Waals surface area (Å²) in [5.74, 6) is 0. The van der Waals surface area contributed by atoms with Crippen LogP contribution < -0.4 is 11.1 Å². The second-order valence-corrected chi connectivity index (χ2v) is 4.30. The maximum atomic E-state index is 12.3. The van der Waals surface area contributed by atoms with Crippen molar-refractivity contribution in [3.8, 4) is 0 Å². The molecule has 5 nitrogen and oxygen atoms in total. The SMILES string of the molecule is CCCn1c(=O)c2c(=O)[nH][nH]c2c2ccccc21. The second-order valence-electron chi connectivity index (χ2n) is 4.30. The summed E-state index contributed by atoms with van der Waals surface area (Å²) in [5, 5.41) is 6.37. The van der Waals surface area contributed by atoms with Crippen LogP contribution in [0.4, 0.5) is 0 Å². The summed E-state index contributed by atoms with van der Waals surface area (Å²) >= 11 is 0. The van der Waals surface area contributed by atoms with E-state index in [1.165, 1.54) is 0 Å². The first-order chi connectivity index (χ1) is 8.74. The highest BCUT2D eigenvalue weighted by atomic mass is 16.1. The van der Waals surface area contributed by atoms with E-state index in [0.717, 1.165) is 17.3 Å². The molecule has 3 rings (SSSR count). The number of hydrogen-bond acceptors (Lipinski definition) is 2. The Morgan fingerprint density at radius 3 is 2.72 bits per heavy atom. The van der Waals surface area contributed by atoms with Crippen LogP contribution in [0.5, 0.6) is 0 Å². The molecule has 0 aliphatic rings. The summed E-state index contributed by atoms with van der Waals surface area (Å²) in [5.41, 5.74) is 0.860. The Hall–Kier alpha value is -2.30. The first-order valence-electron chi connectivity index (χ1n) is 5.96. The second kappa shape index (κ2) is 3.87. The zero-order valence-corrected chi connectivity index (χ0v) is 9.99. The number of aromatic nitrogens is 3. The maximum Gasteiger partial charge on any atom is 0.277 e. The van der Waals surface area contributed by atoms with Gasteiger partial charge in [-0.05, 0) is 12.5 Å². The third kappa shape index (κ3) is 1.33. The molecule has 0 saturated carbocycles. The van der Waals surface area contributed by atoms with Crippen LogP contribution >= 0.6 is 0 Å². The number of nitrogens with zero attached hydrogens (tertiary/aromatic N) is 1. The molecule has 5 heteroatoms. The Kier molecular flexibility index (Phi) is 2.33. The van der Waals surface area contributed by atoms with Crippen LogP contribution in [0.15, 0.2) is 33.9 Å². The van der Waals surface area contributed by atoms with Crippen LogP contribution in [0.1, 0.15) is 13.3 Å². The fraction of sp³-hybridized carbons (Fsp3) is 0.231. The Balaban J connectivity index is 2.64. The number of H-pyrrole nitrogens is 2. The molecule has 2 heterocycles. The van der Waals surface area contributed by atoms with Crippen molar-refractivity contribution in [3.63, 3.8) is 0 Å². The summed E-state index contributed by atoms with van der Waals surface area (Å²) in [4.78, 5) is 24.0. The number of hydrogen-bond donors (Lipinski definition) is 2. The van der Waals surface area contributed by atoms with Gasteiger partial charge < -0.3 is 4.57 Å². The van der Waals surface area contributed by atoms with Gasteiger partial charge in [-0.3, -0.25) is 19.8 Å². The van der Waals surface area contributed by atoms with E-state index in [-0.39, 0.29) is 16.5 Å². The van der Waals surface area contributed by atoms with Crippen molar-refractivity contribution in [2.24, 2.45) is 0 Å².